The van der Waals surface area contributed by atoms with Crippen LogP contribution in [0.2, 0.25) is 0 Å². The molecular weight excluding hydrogens is 422 g/mol. The lowest BCUT2D eigenvalue weighted by atomic mass is 9.96. The molecule has 0 bridgehead atoms. The number of carbonyl (C=O) groups excluding carboxylic acids is 4. The molecule has 1 fully saturated rings. The van der Waals surface area contributed by atoms with Gasteiger partial charge >= 0.3 is 17.9 Å². The fraction of sp³-hybridized carbons (Fsp3) is 0.545. The quantitative estimate of drug-likeness (QED) is 0.483. The first kappa shape index (κ1) is 25.1. The normalized spacial score (nSPS) is 24.8. The highest BCUT2D eigenvalue weighted by Crippen LogP contribution is 2.30. The molecule has 1 aromatic carbocycles. The summed E-state index contributed by atoms with van der Waals surface area (Å²) in [6, 6.07) is 4.55. The molecule has 176 valence electrons. The molecule has 32 heavy (non-hydrogen) atoms. The predicted octanol–water partition coefficient (Wildman–Crippen LogP) is 1.34. The molecule has 10 heteroatoms. The Balaban J connectivity index is 2.49. The summed E-state index contributed by atoms with van der Waals surface area (Å²) in [6.45, 7) is 8.31. The van der Waals surface area contributed by atoms with Crippen LogP contribution in [0.3, 0.4) is 0 Å². The molecule has 10 nitrogen and oxygen atoms in total. The molecule has 2 rings (SSSR count). The molecule has 1 aliphatic rings. The lowest BCUT2D eigenvalue weighted by Crippen LogP contribution is -2.67. The average molecular weight is 451 g/mol. The number of carbonyl (C=O) groups is 4. The van der Waals surface area contributed by atoms with Crippen LogP contribution in [0, 0.1) is 13.8 Å². The standard InChI is InChI=1S/C22H29NO9/c1-11-7-8-12(2)17(9-11)31-22-19(23-13(3)24)21(30-16(6)27)20(29-15(5)26)18(32-22)10-28-14(4)25/h7-9,18-22H,10H2,1-6H3,(H,23,24)/t18-,19+,20+,21-,22-/m1/s1. The van der Waals surface area contributed by atoms with Gasteiger partial charge in [0, 0.05) is 27.7 Å². The van der Waals surface area contributed by atoms with Gasteiger partial charge in [-0.1, -0.05) is 12.1 Å². The van der Waals surface area contributed by atoms with Crippen LogP contribution < -0.4 is 10.1 Å². The van der Waals surface area contributed by atoms with Gasteiger partial charge in [-0.2, -0.15) is 0 Å². The molecule has 1 N–H and O–H groups in total. The van der Waals surface area contributed by atoms with Gasteiger partial charge in [-0.3, -0.25) is 19.2 Å². The zero-order chi connectivity index (χ0) is 24.0. The summed E-state index contributed by atoms with van der Waals surface area (Å²) >= 11 is 0. The van der Waals surface area contributed by atoms with Gasteiger partial charge < -0.3 is 29.0 Å². The number of nitrogens with one attached hydrogen (secondary N) is 1. The summed E-state index contributed by atoms with van der Waals surface area (Å²) in [7, 11) is 0. The van der Waals surface area contributed by atoms with Crippen molar-refractivity contribution in [2.24, 2.45) is 0 Å². The molecule has 0 spiro atoms. The second-order valence-electron chi connectivity index (χ2n) is 7.61. The highest BCUT2D eigenvalue weighted by atomic mass is 16.7. The van der Waals surface area contributed by atoms with E-state index in [1.807, 2.05) is 26.0 Å². The molecule has 0 unspecified atom stereocenters. The number of hydrogen-bond donors (Lipinski definition) is 1. The SMILES string of the molecule is CC(=O)N[C@@H]1[C@H](Oc2cc(C)ccc2C)O[C@H](COC(C)=O)[C@H](OC(C)=O)[C@@H]1OC(C)=O. The van der Waals surface area contributed by atoms with E-state index >= 15 is 0 Å². The second kappa shape index (κ2) is 10.9. The van der Waals surface area contributed by atoms with Gasteiger partial charge in [0.25, 0.3) is 0 Å². The van der Waals surface area contributed by atoms with Gasteiger partial charge in [0.2, 0.25) is 12.2 Å². The zero-order valence-electron chi connectivity index (χ0n) is 19.0. The van der Waals surface area contributed by atoms with Crippen molar-refractivity contribution in [3.8, 4) is 5.75 Å². The fourth-order valence-corrected chi connectivity index (χ4v) is 3.35. The number of aryl methyl sites for hydroxylation is 2. The van der Waals surface area contributed by atoms with E-state index < -0.39 is 54.5 Å². The van der Waals surface area contributed by atoms with Gasteiger partial charge in [-0.25, -0.2) is 0 Å². The molecule has 5 atom stereocenters. The van der Waals surface area contributed by atoms with Gasteiger partial charge in [0.1, 0.15) is 24.5 Å². The minimum Gasteiger partial charge on any atom is -0.463 e. The van der Waals surface area contributed by atoms with E-state index in [2.05, 4.69) is 5.32 Å². The molecule has 1 amide bonds. The van der Waals surface area contributed by atoms with E-state index in [-0.39, 0.29) is 6.61 Å². The van der Waals surface area contributed by atoms with Crippen molar-refractivity contribution in [1.29, 1.82) is 0 Å². The fourth-order valence-electron chi connectivity index (χ4n) is 3.35. The first-order valence-corrected chi connectivity index (χ1v) is 10.1. The first-order chi connectivity index (χ1) is 15.0. The number of ether oxygens (including phenoxy) is 5. The Morgan fingerprint density at radius 2 is 1.56 bits per heavy atom. The Morgan fingerprint density at radius 3 is 2.12 bits per heavy atom. The number of hydrogen-bond acceptors (Lipinski definition) is 9. The summed E-state index contributed by atoms with van der Waals surface area (Å²) in [4.78, 5) is 47.0. The Hall–Kier alpha value is -3.14. The highest BCUT2D eigenvalue weighted by molar-refractivity contribution is 5.73. The van der Waals surface area contributed by atoms with Crippen molar-refractivity contribution in [3.05, 3.63) is 29.3 Å². The van der Waals surface area contributed by atoms with Crippen LogP contribution in [0.4, 0.5) is 0 Å². The molecule has 0 radical (unpaired) electrons. The van der Waals surface area contributed by atoms with Crippen LogP contribution >= 0.6 is 0 Å². The van der Waals surface area contributed by atoms with Gasteiger partial charge in [-0.15, -0.1) is 0 Å². The summed E-state index contributed by atoms with van der Waals surface area (Å²) in [6.07, 6.45) is -4.49. The smallest absolute Gasteiger partial charge is 0.303 e. The zero-order valence-corrected chi connectivity index (χ0v) is 19.0. The van der Waals surface area contributed by atoms with Gasteiger partial charge in [-0.05, 0) is 31.0 Å². The number of rotatable bonds is 7. The Labute approximate surface area is 186 Å². The number of amides is 1. The third-order valence-electron chi connectivity index (χ3n) is 4.66. The van der Waals surface area contributed by atoms with Gasteiger partial charge in [0.05, 0.1) is 0 Å². The Kier molecular flexibility index (Phi) is 8.59. The lowest BCUT2D eigenvalue weighted by Gasteiger charge is -2.44. The van der Waals surface area contributed by atoms with Crippen LogP contribution in [0.25, 0.3) is 0 Å². The topological polar surface area (TPSA) is 126 Å². The van der Waals surface area contributed by atoms with Crippen molar-refractivity contribution in [3.63, 3.8) is 0 Å². The number of benzene rings is 1. The monoisotopic (exact) mass is 451 g/mol. The molecule has 0 saturated carbocycles. The molecular formula is C22H29NO9. The van der Waals surface area contributed by atoms with Crippen molar-refractivity contribution >= 4 is 23.8 Å². The largest absolute Gasteiger partial charge is 0.463 e. The highest BCUT2D eigenvalue weighted by Gasteiger charge is 2.52. The van der Waals surface area contributed by atoms with Gasteiger partial charge in [0.15, 0.2) is 12.2 Å². The minimum atomic E-state index is -1.16. The summed E-state index contributed by atoms with van der Waals surface area (Å²) in [5, 5.41) is 2.67. The minimum absolute atomic E-state index is 0.287. The van der Waals surface area contributed by atoms with Crippen LogP contribution in [0.15, 0.2) is 18.2 Å². The van der Waals surface area contributed by atoms with Crippen molar-refractivity contribution in [2.75, 3.05) is 6.61 Å². The maximum absolute atomic E-state index is 11.9. The number of esters is 3. The molecule has 0 aromatic heterocycles. The predicted molar refractivity (Wildman–Crippen MR) is 111 cm³/mol. The van der Waals surface area contributed by atoms with Crippen LogP contribution in [0.1, 0.15) is 38.8 Å². The second-order valence-corrected chi connectivity index (χ2v) is 7.61. The third-order valence-corrected chi connectivity index (χ3v) is 4.66. The van der Waals surface area contributed by atoms with E-state index in [9.17, 15) is 19.2 Å². The third kappa shape index (κ3) is 6.94. The van der Waals surface area contributed by atoms with E-state index in [0.717, 1.165) is 11.1 Å². The molecule has 0 aliphatic carbocycles. The summed E-state index contributed by atoms with van der Waals surface area (Å²) < 4.78 is 27.9. The maximum Gasteiger partial charge on any atom is 0.303 e. The Bertz CT molecular complexity index is 869. The average Bonchev–Trinajstić information content (AvgIpc) is 2.66. The van der Waals surface area contributed by atoms with E-state index in [1.165, 1.54) is 27.7 Å². The molecule has 1 saturated heterocycles. The molecule has 1 heterocycles. The Morgan fingerprint density at radius 1 is 0.938 bits per heavy atom. The van der Waals surface area contributed by atoms with Crippen LogP contribution in [-0.2, 0) is 38.1 Å². The van der Waals surface area contributed by atoms with Crippen LogP contribution in [-0.4, -0.2) is 61.1 Å². The van der Waals surface area contributed by atoms with Crippen LogP contribution in [0.5, 0.6) is 5.75 Å². The molecule has 1 aliphatic heterocycles. The lowest BCUT2D eigenvalue weighted by molar-refractivity contribution is -0.257. The van der Waals surface area contributed by atoms with E-state index in [1.54, 1.807) is 6.07 Å². The van der Waals surface area contributed by atoms with Crippen molar-refractivity contribution < 1.29 is 42.9 Å². The van der Waals surface area contributed by atoms with E-state index in [4.69, 9.17) is 23.7 Å². The van der Waals surface area contributed by atoms with Crippen molar-refractivity contribution in [2.45, 2.75) is 72.2 Å². The first-order valence-electron chi connectivity index (χ1n) is 10.1. The maximum atomic E-state index is 11.9. The van der Waals surface area contributed by atoms with E-state index in [0.29, 0.717) is 5.75 Å². The van der Waals surface area contributed by atoms with Crippen molar-refractivity contribution in [1.82, 2.24) is 5.32 Å². The summed E-state index contributed by atoms with van der Waals surface area (Å²) in [5.74, 6) is -1.86. The molecule has 1 aromatic rings. The summed E-state index contributed by atoms with van der Waals surface area (Å²) in [5.41, 5.74) is 1.74.